The summed E-state index contributed by atoms with van der Waals surface area (Å²) in [7, 11) is 0. The first kappa shape index (κ1) is 4.32. The molecule has 6 nitrogen and oxygen atoms in total. The van der Waals surface area contributed by atoms with E-state index in [0.717, 1.165) is 24.7 Å². The molecule has 8 saturated heterocycles. The third kappa shape index (κ3) is 0.163. The molecule has 60 valence electrons. The van der Waals surface area contributed by atoms with E-state index in [2.05, 4.69) is 29.8 Å². The van der Waals surface area contributed by atoms with E-state index in [1.54, 1.807) is 0 Å². The highest BCUT2D eigenvalue weighted by Gasteiger charge is 2.98. The van der Waals surface area contributed by atoms with Crippen LogP contribution < -0.4 is 0 Å². The Hall–Kier alpha value is -0.240. The van der Waals surface area contributed by atoms with E-state index in [1.807, 2.05) is 0 Å². The molecule has 0 radical (unpaired) electrons. The van der Waals surface area contributed by atoms with Crippen molar-refractivity contribution in [3.63, 3.8) is 0 Å². The lowest BCUT2D eigenvalue weighted by Crippen LogP contribution is -2.51. The van der Waals surface area contributed by atoms with Crippen LogP contribution >= 0.6 is 0 Å². The van der Waals surface area contributed by atoms with E-state index < -0.39 is 0 Å². The van der Waals surface area contributed by atoms with Crippen molar-refractivity contribution in [1.29, 1.82) is 0 Å². The van der Waals surface area contributed by atoms with E-state index in [-0.39, 0.29) is 0 Å². The molecule has 0 amide bonds. The minimum atomic E-state index is 0.644. The van der Waals surface area contributed by atoms with Crippen molar-refractivity contribution in [2.45, 2.75) is 37.2 Å². The fraction of sp³-hybridized carbons (Fsp3) is 1.00. The predicted octanol–water partition coefficient (Wildman–Crippen LogP) is -2.40. The predicted molar refractivity (Wildman–Crippen MR) is 33.8 cm³/mol. The summed E-state index contributed by atoms with van der Waals surface area (Å²) >= 11 is 0. The van der Waals surface area contributed by atoms with Crippen molar-refractivity contribution in [2.75, 3.05) is 0 Å². The number of hydrazine groups is 2. The molecule has 6 heteroatoms. The lowest BCUT2D eigenvalue weighted by atomic mass is 10.6. The van der Waals surface area contributed by atoms with Crippen molar-refractivity contribution in [1.82, 2.24) is 29.8 Å². The summed E-state index contributed by atoms with van der Waals surface area (Å²) in [6.45, 7) is 0. The van der Waals surface area contributed by atoms with E-state index in [9.17, 15) is 0 Å². The van der Waals surface area contributed by atoms with Gasteiger partial charge in [-0.3, -0.25) is 0 Å². The highest BCUT2D eigenvalue weighted by Crippen LogP contribution is 2.75. The molecule has 4 unspecified atom stereocenters. The third-order valence-electron chi connectivity index (χ3n) is 4.67. The molecule has 8 fully saturated rings. The van der Waals surface area contributed by atoms with Gasteiger partial charge in [0, 0.05) is 0 Å². The van der Waals surface area contributed by atoms with Gasteiger partial charge in [0.15, 0.2) is 12.6 Å². The first-order chi connectivity index (χ1) is 6.00. The van der Waals surface area contributed by atoms with Gasteiger partial charge in [-0.1, -0.05) is 0 Å². The van der Waals surface area contributed by atoms with Gasteiger partial charge in [-0.25, -0.2) is 9.80 Å². The Bertz CT molecular complexity index is 267. The van der Waals surface area contributed by atoms with Crippen LogP contribution in [0.25, 0.3) is 0 Å². The molecule has 8 atom stereocenters. The summed E-state index contributed by atoms with van der Waals surface area (Å²) in [6.07, 6.45) is 4.36. The molecule has 0 bridgehead atoms. The molecular weight excluding hydrogens is 156 g/mol. The summed E-state index contributed by atoms with van der Waals surface area (Å²) in [4.78, 5) is 5.25. The normalized spacial score (nSPS) is 90.0. The highest BCUT2D eigenvalue weighted by atomic mass is 16.2. The lowest BCUT2D eigenvalue weighted by molar-refractivity contribution is -0.132. The van der Waals surface area contributed by atoms with Gasteiger partial charge in [0.1, 0.15) is 24.7 Å². The van der Waals surface area contributed by atoms with E-state index in [0.29, 0.717) is 12.6 Å². The molecule has 8 aliphatic heterocycles. The number of hydrogen-bond donors (Lipinski definition) is 0. The summed E-state index contributed by atoms with van der Waals surface area (Å²) in [6, 6.07) is 0. The zero-order valence-electron chi connectivity index (χ0n) is 6.15. The summed E-state index contributed by atoms with van der Waals surface area (Å²) in [5, 5.41) is 10.4. The molecule has 8 heterocycles. The molecular formula is C6H6N6. The van der Waals surface area contributed by atoms with Gasteiger partial charge in [-0.05, 0) is 0 Å². The van der Waals surface area contributed by atoms with Gasteiger partial charge in [0.25, 0.3) is 0 Å². The molecule has 0 spiro atoms. The second-order valence-electron chi connectivity index (χ2n) is 4.76. The topological polar surface area (TPSA) is 19.0 Å². The van der Waals surface area contributed by atoms with Crippen LogP contribution in [0.5, 0.6) is 0 Å². The van der Waals surface area contributed by atoms with Crippen LogP contribution in [-0.4, -0.2) is 67.1 Å². The highest BCUT2D eigenvalue weighted by molar-refractivity contribution is 5.34. The largest absolute Gasteiger partial charge is 0.233 e. The van der Waals surface area contributed by atoms with Gasteiger partial charge >= 0.3 is 0 Å². The quantitative estimate of drug-likeness (QED) is 0.367. The minimum Gasteiger partial charge on any atom is -0.233 e. The standard InChI is InChI=1S/C6H6N6/c1-2-7(1)5-11-3-4-8(3)6(9(1)11)10(2)12(4)5/h1-6H/t1-,2+,3-,4+,5?,6?,7?,8?. The first-order valence-corrected chi connectivity index (χ1v) is 4.68. The van der Waals surface area contributed by atoms with Crippen molar-refractivity contribution in [3.8, 4) is 0 Å². The maximum atomic E-state index is 2.62. The molecule has 0 aromatic heterocycles. The van der Waals surface area contributed by atoms with Crippen molar-refractivity contribution < 1.29 is 0 Å². The zero-order valence-corrected chi connectivity index (χ0v) is 6.15. The van der Waals surface area contributed by atoms with E-state index in [4.69, 9.17) is 0 Å². The molecule has 8 aliphatic rings. The Kier molecular flexibility index (Phi) is 0.288. The maximum absolute atomic E-state index is 2.62. The van der Waals surface area contributed by atoms with Gasteiger partial charge in [-0.15, -0.1) is 0 Å². The van der Waals surface area contributed by atoms with Crippen LogP contribution in [0.3, 0.4) is 0 Å². The molecule has 12 heavy (non-hydrogen) atoms. The van der Waals surface area contributed by atoms with Crippen molar-refractivity contribution in [2.24, 2.45) is 0 Å². The zero-order chi connectivity index (χ0) is 6.93. The Balaban J connectivity index is 1.81. The van der Waals surface area contributed by atoms with Gasteiger partial charge in [0.05, 0.1) is 0 Å². The Morgan fingerprint density at radius 1 is 0.500 bits per heavy atom. The van der Waals surface area contributed by atoms with Crippen molar-refractivity contribution in [3.05, 3.63) is 0 Å². The smallest absolute Gasteiger partial charge is 0.151 e. The molecule has 0 aliphatic carbocycles. The second-order valence-corrected chi connectivity index (χ2v) is 4.76. The molecule has 0 N–H and O–H groups in total. The van der Waals surface area contributed by atoms with Crippen LogP contribution in [-0.2, 0) is 0 Å². The van der Waals surface area contributed by atoms with E-state index in [1.165, 1.54) is 0 Å². The van der Waals surface area contributed by atoms with Gasteiger partial charge < -0.3 is 0 Å². The van der Waals surface area contributed by atoms with Crippen LogP contribution in [0.4, 0.5) is 0 Å². The SMILES string of the molecule is C12N3[C@H]4[C@@H]3N3C5N6[C@@H]([C@@H]6N13)N2N54. The minimum absolute atomic E-state index is 0.644. The second kappa shape index (κ2) is 0.802. The average molecular weight is 162 g/mol. The Labute approximate surface area is 68.0 Å². The summed E-state index contributed by atoms with van der Waals surface area (Å²) in [5.41, 5.74) is 0. The molecule has 0 saturated carbocycles. The third-order valence-corrected chi connectivity index (χ3v) is 4.67. The summed E-state index contributed by atoms with van der Waals surface area (Å²) < 4.78 is 0. The Morgan fingerprint density at radius 3 is 1.17 bits per heavy atom. The monoisotopic (exact) mass is 162 g/mol. The van der Waals surface area contributed by atoms with Crippen LogP contribution in [0, 0.1) is 0 Å². The fourth-order valence-corrected chi connectivity index (χ4v) is 4.44. The van der Waals surface area contributed by atoms with Crippen molar-refractivity contribution >= 4 is 0 Å². The average Bonchev–Trinajstić information content (AvgIpc) is 2.51. The summed E-state index contributed by atoms with van der Waals surface area (Å²) in [5.74, 6) is 0. The van der Waals surface area contributed by atoms with Gasteiger partial charge in [-0.2, -0.15) is 20.0 Å². The molecule has 0 aromatic rings. The van der Waals surface area contributed by atoms with Crippen LogP contribution in [0.15, 0.2) is 0 Å². The fourth-order valence-electron chi connectivity index (χ4n) is 4.44. The lowest BCUT2D eigenvalue weighted by Gasteiger charge is -2.31. The number of nitrogens with zero attached hydrogens (tertiary/aromatic N) is 6. The maximum Gasteiger partial charge on any atom is 0.151 e. The Morgan fingerprint density at radius 2 is 0.833 bits per heavy atom. The van der Waals surface area contributed by atoms with E-state index >= 15 is 0 Å². The van der Waals surface area contributed by atoms with Crippen LogP contribution in [0.2, 0.25) is 0 Å². The number of hydrogen-bond acceptors (Lipinski definition) is 6. The molecule has 8 rings (SSSR count). The number of rotatable bonds is 0. The van der Waals surface area contributed by atoms with Gasteiger partial charge in [0.2, 0.25) is 0 Å². The van der Waals surface area contributed by atoms with Crippen LogP contribution in [0.1, 0.15) is 0 Å². The molecule has 0 aromatic carbocycles. The first-order valence-electron chi connectivity index (χ1n) is 4.68.